The fourth-order valence-electron chi connectivity index (χ4n) is 3.11. The number of aromatic nitrogens is 1. The van der Waals surface area contributed by atoms with Crippen LogP contribution in [-0.2, 0) is 13.2 Å². The van der Waals surface area contributed by atoms with E-state index in [1.165, 1.54) is 0 Å². The Hall–Kier alpha value is -2.66. The van der Waals surface area contributed by atoms with Crippen molar-refractivity contribution in [1.82, 2.24) is 9.88 Å². The highest BCUT2D eigenvalue weighted by atomic mass is 32.1. The lowest BCUT2D eigenvalue weighted by Gasteiger charge is -2.28. The normalized spacial score (nSPS) is 11.9. The lowest BCUT2D eigenvalue weighted by molar-refractivity contribution is 0.0669. The molecule has 5 heteroatoms. The van der Waals surface area contributed by atoms with Crippen molar-refractivity contribution in [3.05, 3.63) is 81.3 Å². The second-order valence-electron chi connectivity index (χ2n) is 7.35. The first-order chi connectivity index (χ1) is 14.0. The minimum absolute atomic E-state index is 0.0498. The number of hydrogen-bond acceptors (Lipinski definition) is 4. The molecule has 4 nitrogen and oxygen atoms in total. The highest BCUT2D eigenvalue weighted by molar-refractivity contribution is 7.09. The maximum atomic E-state index is 13.1. The van der Waals surface area contributed by atoms with Crippen LogP contribution in [0.2, 0.25) is 0 Å². The van der Waals surface area contributed by atoms with Crippen molar-refractivity contribution < 1.29 is 9.53 Å². The van der Waals surface area contributed by atoms with E-state index in [1.54, 1.807) is 11.3 Å². The molecule has 0 fully saturated rings. The van der Waals surface area contributed by atoms with E-state index in [9.17, 15) is 4.79 Å². The fourth-order valence-corrected chi connectivity index (χ4v) is 3.81. The minimum Gasteiger partial charge on any atom is -0.486 e. The summed E-state index contributed by atoms with van der Waals surface area (Å²) >= 11 is 1.57. The highest BCUT2D eigenvalue weighted by Crippen LogP contribution is 2.21. The summed E-state index contributed by atoms with van der Waals surface area (Å²) in [6, 6.07) is 15.9. The number of aryl methyl sites for hydroxylation is 2. The van der Waals surface area contributed by atoms with Gasteiger partial charge in [0, 0.05) is 17.0 Å². The van der Waals surface area contributed by atoms with Crippen LogP contribution in [0, 0.1) is 13.8 Å². The summed E-state index contributed by atoms with van der Waals surface area (Å²) in [6.07, 6.45) is 0.894. The van der Waals surface area contributed by atoms with Crippen LogP contribution < -0.4 is 4.74 Å². The molecule has 0 saturated carbocycles. The third-order valence-corrected chi connectivity index (χ3v) is 5.90. The number of amides is 1. The first kappa shape index (κ1) is 21.1. The Balaban J connectivity index is 1.70. The Bertz CT molecular complexity index is 967. The molecule has 1 atom stereocenters. The van der Waals surface area contributed by atoms with Crippen LogP contribution in [0.4, 0.5) is 0 Å². The van der Waals surface area contributed by atoms with E-state index in [-0.39, 0.29) is 11.9 Å². The van der Waals surface area contributed by atoms with Gasteiger partial charge in [-0.15, -0.1) is 11.3 Å². The van der Waals surface area contributed by atoms with Gasteiger partial charge in [0.2, 0.25) is 0 Å². The molecular weight excluding hydrogens is 380 g/mol. The topological polar surface area (TPSA) is 42.4 Å². The number of para-hydroxylation sites is 1. The lowest BCUT2D eigenvalue weighted by Crippen LogP contribution is -2.38. The lowest BCUT2D eigenvalue weighted by atomic mass is 10.1. The Labute approximate surface area is 177 Å². The van der Waals surface area contributed by atoms with Gasteiger partial charge in [-0.25, -0.2) is 4.98 Å². The van der Waals surface area contributed by atoms with Gasteiger partial charge in [-0.1, -0.05) is 42.8 Å². The molecule has 2 aromatic carbocycles. The molecule has 0 radical (unpaired) electrons. The van der Waals surface area contributed by atoms with Gasteiger partial charge in [-0.05, 0) is 51.0 Å². The van der Waals surface area contributed by atoms with E-state index in [2.05, 4.69) is 13.8 Å². The zero-order valence-corrected chi connectivity index (χ0v) is 18.3. The van der Waals surface area contributed by atoms with E-state index in [0.717, 1.165) is 39.6 Å². The minimum atomic E-state index is 0.0498. The smallest absolute Gasteiger partial charge is 0.254 e. The van der Waals surface area contributed by atoms with Crippen molar-refractivity contribution in [2.24, 2.45) is 0 Å². The molecule has 0 unspecified atom stereocenters. The number of hydrogen-bond donors (Lipinski definition) is 0. The van der Waals surface area contributed by atoms with Crippen LogP contribution in [0.15, 0.2) is 53.9 Å². The van der Waals surface area contributed by atoms with E-state index < -0.39 is 0 Å². The Morgan fingerprint density at radius 3 is 2.69 bits per heavy atom. The van der Waals surface area contributed by atoms with Crippen LogP contribution in [0.3, 0.4) is 0 Å². The van der Waals surface area contributed by atoms with E-state index >= 15 is 0 Å². The molecule has 3 aromatic rings. The van der Waals surface area contributed by atoms with Crippen molar-refractivity contribution in [1.29, 1.82) is 0 Å². The van der Waals surface area contributed by atoms with Gasteiger partial charge < -0.3 is 9.64 Å². The van der Waals surface area contributed by atoms with Gasteiger partial charge in [0.05, 0.1) is 12.2 Å². The van der Waals surface area contributed by atoms with Gasteiger partial charge in [-0.3, -0.25) is 4.79 Å². The van der Waals surface area contributed by atoms with Crippen molar-refractivity contribution in [2.75, 3.05) is 0 Å². The summed E-state index contributed by atoms with van der Waals surface area (Å²) in [5.41, 5.74) is 3.82. The molecule has 0 bridgehead atoms. The molecule has 152 valence electrons. The van der Waals surface area contributed by atoms with E-state index in [0.29, 0.717) is 13.2 Å². The van der Waals surface area contributed by atoms with Gasteiger partial charge in [0.15, 0.2) is 0 Å². The van der Waals surface area contributed by atoms with Gasteiger partial charge >= 0.3 is 0 Å². The first-order valence-corrected chi connectivity index (χ1v) is 10.8. The highest BCUT2D eigenvalue weighted by Gasteiger charge is 2.22. The third-order valence-electron chi connectivity index (χ3n) is 5.03. The van der Waals surface area contributed by atoms with Crippen LogP contribution >= 0.6 is 11.3 Å². The molecule has 3 rings (SSSR count). The van der Waals surface area contributed by atoms with Crippen molar-refractivity contribution in [2.45, 2.75) is 53.3 Å². The average molecular weight is 409 g/mol. The fraction of sp³-hybridized carbons (Fsp3) is 0.333. The van der Waals surface area contributed by atoms with Crippen molar-refractivity contribution >= 4 is 17.2 Å². The summed E-state index contributed by atoms with van der Waals surface area (Å²) in [5, 5.41) is 2.94. The van der Waals surface area contributed by atoms with Crippen LogP contribution in [-0.4, -0.2) is 21.8 Å². The molecule has 1 heterocycles. The second kappa shape index (κ2) is 9.70. The average Bonchev–Trinajstić information content (AvgIpc) is 3.18. The zero-order chi connectivity index (χ0) is 20.8. The molecule has 29 heavy (non-hydrogen) atoms. The summed E-state index contributed by atoms with van der Waals surface area (Å²) in [6.45, 7) is 9.16. The third kappa shape index (κ3) is 5.45. The maximum Gasteiger partial charge on any atom is 0.254 e. The largest absolute Gasteiger partial charge is 0.486 e. The number of thiazole rings is 1. The zero-order valence-electron chi connectivity index (χ0n) is 17.5. The molecule has 1 aromatic heterocycles. The number of ether oxygens (including phenoxy) is 1. The SMILES string of the molecule is CC[C@@H](C)N(Cc1csc(COc2ccccc2C)n1)C(=O)c1cccc(C)c1. The molecular formula is C24H28N2O2S. The molecule has 0 aliphatic rings. The number of carbonyl (C=O) groups excluding carboxylic acids is 1. The Morgan fingerprint density at radius 1 is 1.17 bits per heavy atom. The predicted molar refractivity (Wildman–Crippen MR) is 118 cm³/mol. The standard InChI is InChI=1S/C24H28N2O2S/c1-5-19(4)26(24(27)20-11-8-9-17(2)13-20)14-21-16-29-23(25-21)15-28-22-12-7-6-10-18(22)3/h6-13,16,19H,5,14-15H2,1-4H3/t19-/m1/s1. The van der Waals surface area contributed by atoms with E-state index in [1.807, 2.05) is 72.7 Å². The number of benzene rings is 2. The van der Waals surface area contributed by atoms with Gasteiger partial charge in [0.25, 0.3) is 5.91 Å². The quantitative estimate of drug-likeness (QED) is 0.474. The molecule has 0 saturated heterocycles. The maximum absolute atomic E-state index is 13.1. The summed E-state index contributed by atoms with van der Waals surface area (Å²) in [4.78, 5) is 19.8. The van der Waals surface area contributed by atoms with Crippen LogP contribution in [0.25, 0.3) is 0 Å². The summed E-state index contributed by atoms with van der Waals surface area (Å²) < 4.78 is 5.91. The molecule has 0 spiro atoms. The summed E-state index contributed by atoms with van der Waals surface area (Å²) in [5.74, 6) is 0.925. The first-order valence-electron chi connectivity index (χ1n) is 9.97. The van der Waals surface area contributed by atoms with Crippen molar-refractivity contribution in [3.8, 4) is 5.75 Å². The van der Waals surface area contributed by atoms with Crippen LogP contribution in [0.1, 0.15) is 52.5 Å². The van der Waals surface area contributed by atoms with Crippen LogP contribution in [0.5, 0.6) is 5.75 Å². The monoisotopic (exact) mass is 408 g/mol. The Morgan fingerprint density at radius 2 is 1.97 bits per heavy atom. The molecule has 0 N–H and O–H groups in total. The molecule has 1 amide bonds. The number of nitrogens with zero attached hydrogens (tertiary/aromatic N) is 2. The van der Waals surface area contributed by atoms with Gasteiger partial charge in [0.1, 0.15) is 17.4 Å². The molecule has 0 aliphatic carbocycles. The Kier molecular flexibility index (Phi) is 7.04. The predicted octanol–water partition coefficient (Wildman–Crippen LogP) is 5.78. The number of carbonyl (C=O) groups is 1. The second-order valence-corrected chi connectivity index (χ2v) is 8.29. The van der Waals surface area contributed by atoms with Gasteiger partial charge in [-0.2, -0.15) is 0 Å². The van der Waals surface area contributed by atoms with Crippen molar-refractivity contribution in [3.63, 3.8) is 0 Å². The molecule has 0 aliphatic heterocycles. The summed E-state index contributed by atoms with van der Waals surface area (Å²) in [7, 11) is 0. The van der Waals surface area contributed by atoms with E-state index in [4.69, 9.17) is 9.72 Å². The number of rotatable bonds is 8.